The average Bonchev–Trinajstić information content (AvgIpc) is 2.85. The summed E-state index contributed by atoms with van der Waals surface area (Å²) in [6.07, 6.45) is -3.94. The van der Waals surface area contributed by atoms with E-state index in [0.29, 0.717) is 30.8 Å². The quantitative estimate of drug-likeness (QED) is 0.857. The van der Waals surface area contributed by atoms with Crippen LogP contribution in [0.15, 0.2) is 30.3 Å². The van der Waals surface area contributed by atoms with Crippen LogP contribution in [0.3, 0.4) is 0 Å². The van der Waals surface area contributed by atoms with Gasteiger partial charge < -0.3 is 5.32 Å². The molecule has 1 aromatic heterocycles. The monoisotopic (exact) mass is 325 g/mol. The first kappa shape index (κ1) is 17.1. The molecule has 2 aromatic rings. The Morgan fingerprint density at radius 2 is 1.87 bits per heavy atom. The molecule has 0 saturated carbocycles. The normalized spacial score (nSPS) is 11.5. The molecule has 0 aliphatic carbocycles. The Bertz CT molecular complexity index is 675. The Kier molecular flexibility index (Phi) is 5.08. The molecule has 1 aromatic carbocycles. The van der Waals surface area contributed by atoms with Crippen molar-refractivity contribution in [1.29, 1.82) is 0 Å². The minimum Gasteiger partial charge on any atom is -0.352 e. The second-order valence-electron chi connectivity index (χ2n) is 5.37. The molecule has 1 N–H and O–H groups in total. The van der Waals surface area contributed by atoms with Crippen molar-refractivity contribution < 1.29 is 18.0 Å². The number of carbonyl (C=O) groups excluding carboxylic acids is 1. The number of benzene rings is 1. The number of hydrogen-bond donors (Lipinski definition) is 1. The highest BCUT2D eigenvalue weighted by molar-refractivity contribution is 5.94. The molecule has 124 valence electrons. The zero-order valence-corrected chi connectivity index (χ0v) is 12.9. The van der Waals surface area contributed by atoms with Gasteiger partial charge in [-0.3, -0.25) is 9.48 Å². The van der Waals surface area contributed by atoms with Gasteiger partial charge in [-0.15, -0.1) is 0 Å². The maximum atomic E-state index is 12.6. The fourth-order valence-electron chi connectivity index (χ4n) is 2.11. The molecule has 0 aliphatic rings. The first-order valence-corrected chi connectivity index (χ1v) is 7.24. The lowest BCUT2D eigenvalue weighted by atomic mass is 10.1. The van der Waals surface area contributed by atoms with Crippen LogP contribution in [0.2, 0.25) is 0 Å². The number of rotatable bonds is 5. The van der Waals surface area contributed by atoms with Crippen molar-refractivity contribution in [2.75, 3.05) is 6.54 Å². The van der Waals surface area contributed by atoms with E-state index in [-0.39, 0.29) is 5.91 Å². The van der Waals surface area contributed by atoms with E-state index < -0.39 is 11.9 Å². The maximum absolute atomic E-state index is 12.6. The number of hydrogen-bond acceptors (Lipinski definition) is 2. The lowest BCUT2D eigenvalue weighted by Gasteiger charge is -2.07. The SMILES string of the molecule is Cc1ccc(C(=O)NCCCn2nc(C(F)(F)F)cc2C)cc1. The number of nitrogens with one attached hydrogen (secondary N) is 1. The fraction of sp³-hybridized carbons (Fsp3) is 0.375. The molecule has 4 nitrogen and oxygen atoms in total. The van der Waals surface area contributed by atoms with Crippen molar-refractivity contribution in [1.82, 2.24) is 15.1 Å². The molecule has 0 aliphatic heterocycles. The van der Waals surface area contributed by atoms with E-state index in [1.54, 1.807) is 19.1 Å². The Hall–Kier alpha value is -2.31. The molecule has 0 unspecified atom stereocenters. The van der Waals surface area contributed by atoms with Gasteiger partial charge in [0.25, 0.3) is 5.91 Å². The van der Waals surface area contributed by atoms with Crippen LogP contribution in [-0.2, 0) is 12.7 Å². The molecule has 0 saturated heterocycles. The van der Waals surface area contributed by atoms with Crippen molar-refractivity contribution in [3.8, 4) is 0 Å². The molecule has 1 amide bonds. The number of carbonyl (C=O) groups is 1. The van der Waals surface area contributed by atoms with E-state index in [4.69, 9.17) is 0 Å². The van der Waals surface area contributed by atoms with Crippen LogP contribution in [0, 0.1) is 13.8 Å². The van der Waals surface area contributed by atoms with Gasteiger partial charge in [0, 0.05) is 24.3 Å². The van der Waals surface area contributed by atoms with Crippen molar-refractivity contribution in [3.63, 3.8) is 0 Å². The second kappa shape index (κ2) is 6.85. The van der Waals surface area contributed by atoms with E-state index in [1.165, 1.54) is 4.68 Å². The first-order valence-electron chi connectivity index (χ1n) is 7.24. The van der Waals surface area contributed by atoms with Gasteiger partial charge in [-0.1, -0.05) is 17.7 Å². The molecular formula is C16H18F3N3O. The average molecular weight is 325 g/mol. The third-order valence-electron chi connectivity index (χ3n) is 3.42. The van der Waals surface area contributed by atoms with E-state index in [2.05, 4.69) is 10.4 Å². The van der Waals surface area contributed by atoms with Gasteiger partial charge in [0.15, 0.2) is 5.69 Å². The van der Waals surface area contributed by atoms with Crippen molar-refractivity contribution >= 4 is 5.91 Å². The molecule has 23 heavy (non-hydrogen) atoms. The second-order valence-corrected chi connectivity index (χ2v) is 5.37. The van der Waals surface area contributed by atoms with Crippen LogP contribution >= 0.6 is 0 Å². The van der Waals surface area contributed by atoms with E-state index in [0.717, 1.165) is 11.6 Å². The van der Waals surface area contributed by atoms with Crippen molar-refractivity contribution in [3.05, 3.63) is 52.8 Å². The first-order chi connectivity index (χ1) is 10.8. The lowest BCUT2D eigenvalue weighted by molar-refractivity contribution is -0.141. The molecule has 0 fully saturated rings. The Morgan fingerprint density at radius 1 is 1.22 bits per heavy atom. The van der Waals surface area contributed by atoms with Crippen LogP contribution in [0.4, 0.5) is 13.2 Å². The van der Waals surface area contributed by atoms with Crippen molar-refractivity contribution in [2.24, 2.45) is 0 Å². The fourth-order valence-corrected chi connectivity index (χ4v) is 2.11. The summed E-state index contributed by atoms with van der Waals surface area (Å²) in [5, 5.41) is 6.29. The Morgan fingerprint density at radius 3 is 2.43 bits per heavy atom. The minimum atomic E-state index is -4.43. The van der Waals surface area contributed by atoms with Gasteiger partial charge in [-0.2, -0.15) is 18.3 Å². The highest BCUT2D eigenvalue weighted by atomic mass is 19.4. The minimum absolute atomic E-state index is 0.196. The molecule has 7 heteroatoms. The van der Waals surface area contributed by atoms with E-state index in [1.807, 2.05) is 19.1 Å². The van der Waals surface area contributed by atoms with E-state index in [9.17, 15) is 18.0 Å². The largest absolute Gasteiger partial charge is 0.435 e. The highest BCUT2D eigenvalue weighted by Crippen LogP contribution is 2.28. The predicted octanol–water partition coefficient (Wildman–Crippen LogP) is 3.34. The molecular weight excluding hydrogens is 307 g/mol. The van der Waals surface area contributed by atoms with Crippen LogP contribution in [0.1, 0.15) is 33.7 Å². The number of amides is 1. The van der Waals surface area contributed by atoms with Crippen LogP contribution in [0.25, 0.3) is 0 Å². The van der Waals surface area contributed by atoms with E-state index >= 15 is 0 Å². The summed E-state index contributed by atoms with van der Waals surface area (Å²) in [4.78, 5) is 11.9. The number of aryl methyl sites for hydroxylation is 3. The van der Waals surface area contributed by atoms with Gasteiger partial charge in [0.2, 0.25) is 0 Å². The number of aromatic nitrogens is 2. The summed E-state index contributed by atoms with van der Waals surface area (Å²) in [6.45, 7) is 4.19. The van der Waals surface area contributed by atoms with Gasteiger partial charge >= 0.3 is 6.18 Å². The third kappa shape index (κ3) is 4.58. The topological polar surface area (TPSA) is 46.9 Å². The summed E-state index contributed by atoms with van der Waals surface area (Å²) in [6, 6.07) is 8.18. The highest BCUT2D eigenvalue weighted by Gasteiger charge is 2.34. The summed E-state index contributed by atoms with van der Waals surface area (Å²) in [5.74, 6) is -0.196. The molecule has 1 heterocycles. The molecule has 0 atom stereocenters. The van der Waals surface area contributed by atoms with Crippen LogP contribution in [0.5, 0.6) is 0 Å². The molecule has 0 spiro atoms. The summed E-state index contributed by atoms with van der Waals surface area (Å²) < 4.78 is 39.0. The van der Waals surface area contributed by atoms with Gasteiger partial charge in [0.05, 0.1) is 0 Å². The Balaban J connectivity index is 1.82. The standard InChI is InChI=1S/C16H18F3N3O/c1-11-4-6-13(7-5-11)15(23)20-8-3-9-22-12(2)10-14(21-22)16(17,18)19/h4-7,10H,3,8-9H2,1-2H3,(H,20,23). The van der Waals surface area contributed by atoms with Gasteiger partial charge in [0.1, 0.15) is 0 Å². The number of alkyl halides is 3. The van der Waals surface area contributed by atoms with Gasteiger partial charge in [-0.25, -0.2) is 0 Å². The Labute approximate surface area is 132 Å². The molecule has 0 bridgehead atoms. The number of halogens is 3. The van der Waals surface area contributed by atoms with Gasteiger partial charge in [-0.05, 0) is 38.5 Å². The molecule has 2 rings (SSSR count). The maximum Gasteiger partial charge on any atom is 0.435 e. The zero-order valence-electron chi connectivity index (χ0n) is 12.9. The zero-order chi connectivity index (χ0) is 17.0. The lowest BCUT2D eigenvalue weighted by Crippen LogP contribution is -2.25. The summed E-state index contributed by atoms with van der Waals surface area (Å²) >= 11 is 0. The molecule has 0 radical (unpaired) electrons. The number of nitrogens with zero attached hydrogens (tertiary/aromatic N) is 2. The predicted molar refractivity (Wildman–Crippen MR) is 80.1 cm³/mol. The third-order valence-corrected chi connectivity index (χ3v) is 3.42. The smallest absolute Gasteiger partial charge is 0.352 e. The summed E-state index contributed by atoms with van der Waals surface area (Å²) in [7, 11) is 0. The van der Waals surface area contributed by atoms with Crippen LogP contribution < -0.4 is 5.32 Å². The summed E-state index contributed by atoms with van der Waals surface area (Å²) in [5.41, 5.74) is 1.18. The van der Waals surface area contributed by atoms with Crippen LogP contribution in [-0.4, -0.2) is 22.2 Å². The van der Waals surface area contributed by atoms with Crippen molar-refractivity contribution in [2.45, 2.75) is 33.0 Å².